The highest BCUT2D eigenvalue weighted by Gasteiger charge is 2.13. The van der Waals surface area contributed by atoms with Crippen LogP contribution >= 0.6 is 11.6 Å². The van der Waals surface area contributed by atoms with Crippen molar-refractivity contribution in [2.75, 3.05) is 18.4 Å². The summed E-state index contributed by atoms with van der Waals surface area (Å²) in [5, 5.41) is 17.5. The minimum atomic E-state index is -0.226. The highest BCUT2D eigenvalue weighted by Crippen LogP contribution is 2.16. The number of aromatic nitrogens is 2. The molecule has 1 atom stereocenters. The number of carbonyl (C=O) groups excluding carboxylic acids is 2. The molecule has 174 valence electrons. The standard InChI is InChI=1S/C24H28ClN5O3/c1-16(14-22(32)28-15-17-7-9-18(25)10-8-17)13-21(31)26-11-4-12-27-23-19-5-2-3-6-20(19)24(33)30-29-23/h2-3,5-10,16H,4,11-15H2,1H3,(H,26,31)(H,27,29)(H,28,32)(H,30,33). The van der Waals surface area contributed by atoms with Gasteiger partial charge in [-0.05, 0) is 36.1 Å². The van der Waals surface area contributed by atoms with Crippen LogP contribution in [0.15, 0.2) is 53.3 Å². The fourth-order valence-corrected chi connectivity index (χ4v) is 3.55. The van der Waals surface area contributed by atoms with Gasteiger partial charge < -0.3 is 16.0 Å². The van der Waals surface area contributed by atoms with Crippen molar-refractivity contribution in [3.63, 3.8) is 0 Å². The molecule has 0 aliphatic carbocycles. The van der Waals surface area contributed by atoms with Crippen molar-refractivity contribution >= 4 is 40.0 Å². The maximum atomic E-state index is 12.2. The largest absolute Gasteiger partial charge is 0.368 e. The number of nitrogens with zero attached hydrogens (tertiary/aromatic N) is 1. The van der Waals surface area contributed by atoms with Gasteiger partial charge in [-0.3, -0.25) is 14.4 Å². The summed E-state index contributed by atoms with van der Waals surface area (Å²) in [6, 6.07) is 14.5. The van der Waals surface area contributed by atoms with Crippen LogP contribution in [0.25, 0.3) is 10.8 Å². The molecule has 1 unspecified atom stereocenters. The number of rotatable bonds is 11. The Morgan fingerprint density at radius 2 is 1.64 bits per heavy atom. The minimum absolute atomic E-state index is 0.0648. The van der Waals surface area contributed by atoms with Crippen molar-refractivity contribution in [1.82, 2.24) is 20.8 Å². The van der Waals surface area contributed by atoms with Crippen molar-refractivity contribution in [1.29, 1.82) is 0 Å². The van der Waals surface area contributed by atoms with Gasteiger partial charge in [0, 0.05) is 42.9 Å². The second-order valence-corrected chi connectivity index (χ2v) is 8.43. The summed E-state index contributed by atoms with van der Waals surface area (Å²) in [5.41, 5.74) is 0.744. The first kappa shape index (κ1) is 24.3. The van der Waals surface area contributed by atoms with Gasteiger partial charge in [0.25, 0.3) is 5.56 Å². The average Bonchev–Trinajstić information content (AvgIpc) is 2.80. The maximum absolute atomic E-state index is 12.2. The van der Waals surface area contributed by atoms with Gasteiger partial charge >= 0.3 is 0 Å². The lowest BCUT2D eigenvalue weighted by molar-refractivity contribution is -0.123. The number of benzene rings is 2. The van der Waals surface area contributed by atoms with Gasteiger partial charge in [-0.15, -0.1) is 0 Å². The van der Waals surface area contributed by atoms with Crippen molar-refractivity contribution in [3.05, 3.63) is 69.5 Å². The molecule has 0 radical (unpaired) electrons. The molecule has 33 heavy (non-hydrogen) atoms. The molecule has 0 fully saturated rings. The first-order chi connectivity index (χ1) is 15.9. The van der Waals surface area contributed by atoms with Crippen molar-refractivity contribution in [2.45, 2.75) is 32.7 Å². The number of anilines is 1. The number of halogens is 1. The summed E-state index contributed by atoms with van der Waals surface area (Å²) in [7, 11) is 0. The molecule has 9 heteroatoms. The topological polar surface area (TPSA) is 116 Å². The Morgan fingerprint density at radius 1 is 0.970 bits per heavy atom. The van der Waals surface area contributed by atoms with Crippen molar-refractivity contribution in [3.8, 4) is 0 Å². The fraction of sp³-hybridized carbons (Fsp3) is 0.333. The Labute approximate surface area is 197 Å². The number of nitrogens with one attached hydrogen (secondary N) is 4. The number of hydrogen-bond acceptors (Lipinski definition) is 5. The van der Waals surface area contributed by atoms with Gasteiger partial charge in [0.1, 0.15) is 0 Å². The zero-order valence-corrected chi connectivity index (χ0v) is 19.2. The molecule has 3 aromatic rings. The molecule has 3 rings (SSSR count). The number of hydrogen-bond donors (Lipinski definition) is 4. The second-order valence-electron chi connectivity index (χ2n) is 7.99. The minimum Gasteiger partial charge on any atom is -0.368 e. The first-order valence-corrected chi connectivity index (χ1v) is 11.3. The Morgan fingerprint density at radius 3 is 2.36 bits per heavy atom. The predicted octanol–water partition coefficient (Wildman–Crippen LogP) is 3.23. The lowest BCUT2D eigenvalue weighted by Crippen LogP contribution is -2.29. The van der Waals surface area contributed by atoms with E-state index in [-0.39, 0.29) is 36.1 Å². The lowest BCUT2D eigenvalue weighted by atomic mass is 10.0. The molecule has 2 amide bonds. The van der Waals surface area contributed by atoms with E-state index in [9.17, 15) is 14.4 Å². The number of H-pyrrole nitrogens is 1. The molecule has 0 aliphatic rings. The Hall–Kier alpha value is -3.39. The van der Waals surface area contributed by atoms with Crippen molar-refractivity contribution < 1.29 is 9.59 Å². The highest BCUT2D eigenvalue weighted by atomic mass is 35.5. The third-order valence-corrected chi connectivity index (χ3v) is 5.39. The van der Waals surface area contributed by atoms with E-state index in [1.54, 1.807) is 24.3 Å². The van der Waals surface area contributed by atoms with Crippen LogP contribution in [0.2, 0.25) is 5.02 Å². The number of aromatic amines is 1. The van der Waals surface area contributed by atoms with E-state index >= 15 is 0 Å². The number of fused-ring (bicyclic) bond motifs is 1. The molecule has 0 saturated carbocycles. The van der Waals surface area contributed by atoms with Gasteiger partial charge in [-0.2, -0.15) is 5.10 Å². The van der Waals surface area contributed by atoms with Crippen LogP contribution in [0.1, 0.15) is 31.7 Å². The lowest BCUT2D eigenvalue weighted by Gasteiger charge is -2.12. The molecule has 0 aliphatic heterocycles. The molecule has 8 nitrogen and oxygen atoms in total. The van der Waals surface area contributed by atoms with E-state index in [1.165, 1.54) is 0 Å². The monoisotopic (exact) mass is 469 g/mol. The van der Waals surface area contributed by atoms with Crippen LogP contribution in [-0.4, -0.2) is 35.1 Å². The molecule has 1 heterocycles. The van der Waals surface area contributed by atoms with E-state index in [0.29, 0.717) is 42.3 Å². The summed E-state index contributed by atoms with van der Waals surface area (Å²) < 4.78 is 0. The first-order valence-electron chi connectivity index (χ1n) is 10.9. The van der Waals surface area contributed by atoms with Crippen LogP contribution < -0.4 is 21.5 Å². The molecule has 2 aromatic carbocycles. The van der Waals surface area contributed by atoms with E-state index in [0.717, 1.165) is 10.9 Å². The van der Waals surface area contributed by atoms with Crippen molar-refractivity contribution in [2.24, 2.45) is 5.92 Å². The molecular formula is C24H28ClN5O3. The summed E-state index contributed by atoms with van der Waals surface area (Å²) in [4.78, 5) is 36.1. The molecule has 1 aromatic heterocycles. The Bertz CT molecular complexity index is 1150. The Kier molecular flexibility index (Phi) is 8.83. The van der Waals surface area contributed by atoms with E-state index in [4.69, 9.17) is 11.6 Å². The third kappa shape index (κ3) is 7.61. The van der Waals surface area contributed by atoms with Gasteiger partial charge in [-0.1, -0.05) is 48.9 Å². The third-order valence-electron chi connectivity index (χ3n) is 5.13. The predicted molar refractivity (Wildman–Crippen MR) is 130 cm³/mol. The van der Waals surface area contributed by atoms with Crippen LogP contribution in [0.3, 0.4) is 0 Å². The SMILES string of the molecule is CC(CC(=O)NCCCNc1n[nH]c(=O)c2ccccc12)CC(=O)NCc1ccc(Cl)cc1. The fourth-order valence-electron chi connectivity index (χ4n) is 3.42. The van der Waals surface area contributed by atoms with E-state index < -0.39 is 0 Å². The molecule has 0 saturated heterocycles. The zero-order valence-electron chi connectivity index (χ0n) is 18.5. The van der Waals surface area contributed by atoms with Gasteiger partial charge in [0.05, 0.1) is 5.39 Å². The normalized spacial score (nSPS) is 11.7. The highest BCUT2D eigenvalue weighted by molar-refractivity contribution is 6.30. The van der Waals surface area contributed by atoms with Crippen LogP contribution in [0.5, 0.6) is 0 Å². The second kappa shape index (κ2) is 12.0. The van der Waals surface area contributed by atoms with Crippen LogP contribution in [0, 0.1) is 5.92 Å². The number of carbonyl (C=O) groups is 2. The molecule has 4 N–H and O–H groups in total. The molecule has 0 bridgehead atoms. The maximum Gasteiger partial charge on any atom is 0.272 e. The average molecular weight is 470 g/mol. The van der Waals surface area contributed by atoms with Gasteiger partial charge in [0.15, 0.2) is 5.82 Å². The summed E-state index contributed by atoms with van der Waals surface area (Å²) in [6.45, 7) is 3.41. The van der Waals surface area contributed by atoms with E-state index in [2.05, 4.69) is 26.1 Å². The molecule has 0 spiro atoms. The summed E-state index contributed by atoms with van der Waals surface area (Å²) >= 11 is 5.86. The van der Waals surface area contributed by atoms with Gasteiger partial charge in [-0.25, -0.2) is 5.10 Å². The Balaban J connectivity index is 1.31. The molecular weight excluding hydrogens is 442 g/mol. The summed E-state index contributed by atoms with van der Waals surface area (Å²) in [5.74, 6) is 0.371. The quantitative estimate of drug-likeness (QED) is 0.322. The smallest absolute Gasteiger partial charge is 0.272 e. The number of amides is 2. The summed E-state index contributed by atoms with van der Waals surface area (Å²) in [6.07, 6.45) is 1.26. The zero-order chi connectivity index (χ0) is 23.6. The van der Waals surface area contributed by atoms with E-state index in [1.807, 2.05) is 31.2 Å². The van der Waals surface area contributed by atoms with Crippen LogP contribution in [-0.2, 0) is 16.1 Å². The van der Waals surface area contributed by atoms with Crippen LogP contribution in [0.4, 0.5) is 5.82 Å². The van der Waals surface area contributed by atoms with Gasteiger partial charge in [0.2, 0.25) is 11.8 Å².